The van der Waals surface area contributed by atoms with Gasteiger partial charge in [-0.05, 0) is 24.3 Å². The molecule has 1 aromatic carbocycles. The van der Waals surface area contributed by atoms with Gasteiger partial charge < -0.3 is 4.52 Å². The van der Waals surface area contributed by atoms with E-state index in [9.17, 15) is 0 Å². The maximum absolute atomic E-state index is 5.26. The highest BCUT2D eigenvalue weighted by Gasteiger charge is 2.12. The molecule has 3 aromatic rings. The van der Waals surface area contributed by atoms with Crippen LogP contribution in [0.2, 0.25) is 0 Å². The highest BCUT2D eigenvalue weighted by Crippen LogP contribution is 2.24. The molecule has 0 unspecified atom stereocenters. The minimum Gasteiger partial charge on any atom is -0.338 e. The number of rotatable bonds is 5. The number of benzene rings is 1. The van der Waals surface area contributed by atoms with Crippen molar-refractivity contribution in [2.75, 3.05) is 0 Å². The Bertz CT molecular complexity index is 751. The van der Waals surface area contributed by atoms with Crippen LogP contribution in [0.25, 0.3) is 5.69 Å². The van der Waals surface area contributed by atoms with Gasteiger partial charge in [-0.2, -0.15) is 4.98 Å². The molecule has 0 saturated carbocycles. The smallest absolute Gasteiger partial charge is 0.237 e. The van der Waals surface area contributed by atoms with E-state index in [1.807, 2.05) is 48.9 Å². The van der Waals surface area contributed by atoms with Gasteiger partial charge in [-0.3, -0.25) is 4.57 Å². The first-order valence-corrected chi connectivity index (χ1v) is 8.66. The zero-order valence-corrected chi connectivity index (χ0v) is 14.6. The fourth-order valence-corrected chi connectivity index (χ4v) is 2.96. The second-order valence-corrected chi connectivity index (χ2v) is 6.90. The Balaban J connectivity index is 1.73. The lowest BCUT2D eigenvalue weighted by Crippen LogP contribution is -1.95. The molecule has 0 fully saturated rings. The summed E-state index contributed by atoms with van der Waals surface area (Å²) in [5.74, 6) is 2.24. The molecule has 0 spiro atoms. The molecule has 7 heteroatoms. The Morgan fingerprint density at radius 1 is 1.27 bits per heavy atom. The first kappa shape index (κ1) is 15.3. The quantitative estimate of drug-likeness (QED) is 0.614. The van der Waals surface area contributed by atoms with E-state index < -0.39 is 0 Å². The first-order valence-electron chi connectivity index (χ1n) is 6.88. The summed E-state index contributed by atoms with van der Waals surface area (Å²) in [5, 5.41) is 4.87. The van der Waals surface area contributed by atoms with Crippen LogP contribution in [0.1, 0.15) is 31.5 Å². The van der Waals surface area contributed by atoms with E-state index in [-0.39, 0.29) is 5.92 Å². The van der Waals surface area contributed by atoms with Crippen LogP contribution in [0.4, 0.5) is 0 Å². The molecule has 0 aliphatic heterocycles. The Hall–Kier alpha value is -1.60. The Kier molecular flexibility index (Phi) is 4.63. The van der Waals surface area contributed by atoms with Gasteiger partial charge in [0.05, 0.1) is 5.75 Å². The minimum absolute atomic E-state index is 0.271. The average molecular weight is 379 g/mol. The monoisotopic (exact) mass is 378 g/mol. The van der Waals surface area contributed by atoms with Crippen molar-refractivity contribution in [1.29, 1.82) is 0 Å². The molecular formula is C15H15BrN4OS. The fraction of sp³-hybridized carbons (Fsp3) is 0.267. The molecule has 0 aliphatic rings. The summed E-state index contributed by atoms with van der Waals surface area (Å²) in [7, 11) is 0. The zero-order chi connectivity index (χ0) is 15.5. The van der Waals surface area contributed by atoms with Gasteiger partial charge in [-0.1, -0.05) is 46.7 Å². The van der Waals surface area contributed by atoms with E-state index in [2.05, 4.69) is 31.1 Å². The lowest BCUT2D eigenvalue weighted by Gasteiger charge is -2.06. The third-order valence-corrected chi connectivity index (χ3v) is 4.52. The Morgan fingerprint density at radius 2 is 2.05 bits per heavy atom. The van der Waals surface area contributed by atoms with Gasteiger partial charge in [0.25, 0.3) is 0 Å². The normalized spacial score (nSPS) is 11.3. The molecule has 0 atom stereocenters. The molecule has 114 valence electrons. The van der Waals surface area contributed by atoms with Crippen molar-refractivity contribution in [2.45, 2.75) is 30.7 Å². The summed E-state index contributed by atoms with van der Waals surface area (Å²) in [4.78, 5) is 8.78. The van der Waals surface area contributed by atoms with Gasteiger partial charge in [0.15, 0.2) is 11.0 Å². The van der Waals surface area contributed by atoms with Gasteiger partial charge in [0, 0.05) is 28.5 Å². The van der Waals surface area contributed by atoms with Gasteiger partial charge in [0.1, 0.15) is 0 Å². The van der Waals surface area contributed by atoms with Crippen LogP contribution in [-0.4, -0.2) is 19.7 Å². The van der Waals surface area contributed by atoms with E-state index in [0.717, 1.165) is 21.1 Å². The summed E-state index contributed by atoms with van der Waals surface area (Å²) in [6, 6.07) is 8.10. The van der Waals surface area contributed by atoms with Crippen molar-refractivity contribution in [3.05, 3.63) is 52.8 Å². The molecule has 0 aliphatic carbocycles. The van der Waals surface area contributed by atoms with Crippen LogP contribution < -0.4 is 0 Å². The molecule has 2 aromatic heterocycles. The van der Waals surface area contributed by atoms with Gasteiger partial charge >= 0.3 is 0 Å². The predicted molar refractivity (Wildman–Crippen MR) is 89.2 cm³/mol. The van der Waals surface area contributed by atoms with E-state index in [1.54, 1.807) is 18.0 Å². The molecule has 3 rings (SSSR count). The molecule has 0 N–H and O–H groups in total. The number of imidazole rings is 1. The number of thioether (sulfide) groups is 1. The number of nitrogens with zero attached hydrogens (tertiary/aromatic N) is 4. The summed E-state index contributed by atoms with van der Waals surface area (Å²) in [5.41, 5.74) is 1.07. The van der Waals surface area contributed by atoms with Crippen molar-refractivity contribution < 1.29 is 4.52 Å². The molecular weight excluding hydrogens is 364 g/mol. The summed E-state index contributed by atoms with van der Waals surface area (Å²) in [6.07, 6.45) is 3.73. The van der Waals surface area contributed by atoms with E-state index in [0.29, 0.717) is 11.6 Å². The topological polar surface area (TPSA) is 56.7 Å². The third kappa shape index (κ3) is 3.41. The van der Waals surface area contributed by atoms with Crippen molar-refractivity contribution in [2.24, 2.45) is 0 Å². The molecule has 0 radical (unpaired) electrons. The van der Waals surface area contributed by atoms with Crippen LogP contribution >= 0.6 is 27.7 Å². The second kappa shape index (κ2) is 6.66. The van der Waals surface area contributed by atoms with Crippen molar-refractivity contribution in [3.63, 3.8) is 0 Å². The summed E-state index contributed by atoms with van der Waals surface area (Å²) < 4.78 is 8.35. The molecule has 0 bridgehead atoms. The summed E-state index contributed by atoms with van der Waals surface area (Å²) in [6.45, 7) is 4.09. The van der Waals surface area contributed by atoms with Crippen molar-refractivity contribution in [3.8, 4) is 5.69 Å². The number of hydrogen-bond acceptors (Lipinski definition) is 5. The minimum atomic E-state index is 0.271. The number of hydrogen-bond donors (Lipinski definition) is 0. The maximum Gasteiger partial charge on any atom is 0.237 e. The van der Waals surface area contributed by atoms with Crippen LogP contribution in [-0.2, 0) is 5.75 Å². The van der Waals surface area contributed by atoms with Crippen LogP contribution in [0.15, 0.2) is 50.8 Å². The van der Waals surface area contributed by atoms with Crippen LogP contribution in [0.5, 0.6) is 0 Å². The summed E-state index contributed by atoms with van der Waals surface area (Å²) >= 11 is 5.02. The third-order valence-electron chi connectivity index (χ3n) is 3.04. The largest absolute Gasteiger partial charge is 0.338 e. The first-order chi connectivity index (χ1) is 10.6. The van der Waals surface area contributed by atoms with Crippen LogP contribution in [0.3, 0.4) is 0 Å². The van der Waals surface area contributed by atoms with E-state index in [1.165, 1.54) is 0 Å². The number of aromatic nitrogens is 4. The fourth-order valence-electron chi connectivity index (χ4n) is 1.88. The van der Waals surface area contributed by atoms with E-state index >= 15 is 0 Å². The van der Waals surface area contributed by atoms with Crippen molar-refractivity contribution in [1.82, 2.24) is 19.7 Å². The number of halogens is 1. The molecule has 5 nitrogen and oxygen atoms in total. The SMILES string of the molecule is CC(C)c1noc(CSc2nccn2-c2ccc(Br)cc2)n1. The van der Waals surface area contributed by atoms with Crippen molar-refractivity contribution >= 4 is 27.7 Å². The van der Waals surface area contributed by atoms with Gasteiger partial charge in [-0.15, -0.1) is 0 Å². The van der Waals surface area contributed by atoms with Gasteiger partial charge in [0.2, 0.25) is 5.89 Å². The Labute approximate surface area is 141 Å². The lowest BCUT2D eigenvalue weighted by atomic mass is 10.2. The molecule has 0 saturated heterocycles. The maximum atomic E-state index is 5.26. The predicted octanol–water partition coefficient (Wildman–Crippen LogP) is 4.43. The highest BCUT2D eigenvalue weighted by atomic mass is 79.9. The van der Waals surface area contributed by atoms with Gasteiger partial charge in [-0.25, -0.2) is 4.98 Å². The standard InChI is InChI=1S/C15H15BrN4OS/c1-10(2)14-18-13(21-19-14)9-22-15-17-7-8-20(15)12-5-3-11(16)4-6-12/h3-8,10H,9H2,1-2H3. The average Bonchev–Trinajstić information content (AvgIpc) is 3.15. The zero-order valence-electron chi connectivity index (χ0n) is 12.2. The molecule has 2 heterocycles. The Morgan fingerprint density at radius 3 is 2.73 bits per heavy atom. The van der Waals surface area contributed by atoms with Crippen LogP contribution in [0, 0.1) is 0 Å². The van der Waals surface area contributed by atoms with E-state index in [4.69, 9.17) is 4.52 Å². The second-order valence-electron chi connectivity index (χ2n) is 5.05. The molecule has 22 heavy (non-hydrogen) atoms. The highest BCUT2D eigenvalue weighted by molar-refractivity contribution is 9.10. The molecule has 0 amide bonds. The lowest BCUT2D eigenvalue weighted by molar-refractivity contribution is 0.382.